The smallest absolute Gasteiger partial charge is 0.246 e. The summed E-state index contributed by atoms with van der Waals surface area (Å²) in [4.78, 5) is 54.6. The Morgan fingerprint density at radius 2 is 1.80 bits per heavy atom. The summed E-state index contributed by atoms with van der Waals surface area (Å²) in [6.07, 6.45) is 2.73. The molecule has 3 rings (SSSR count). The predicted molar refractivity (Wildman–Crippen MR) is 172 cm³/mol. The number of unbranched alkanes of at least 4 members (excludes halogenated alkanes) is 1. The average molecular weight is 641 g/mol. The molecule has 240 valence electrons. The van der Waals surface area contributed by atoms with Crippen LogP contribution in [0.1, 0.15) is 55.7 Å². The third kappa shape index (κ3) is 9.92. The van der Waals surface area contributed by atoms with Gasteiger partial charge in [-0.1, -0.05) is 42.4 Å². The number of benzene rings is 2. The molecule has 0 unspecified atom stereocenters. The third-order valence-electron chi connectivity index (χ3n) is 7.63. The molecule has 8 nitrogen and oxygen atoms in total. The number of carbonyl (C=O) groups is 4. The quantitative estimate of drug-likeness (QED) is 0.137. The van der Waals surface area contributed by atoms with Crippen molar-refractivity contribution in [2.75, 3.05) is 11.9 Å². The topological polar surface area (TPSA) is 122 Å². The minimum Gasteiger partial charge on any atom is -0.342 e. The van der Waals surface area contributed by atoms with E-state index < -0.39 is 47.2 Å². The molecule has 0 spiro atoms. The van der Waals surface area contributed by atoms with Crippen LogP contribution in [0.15, 0.2) is 78.4 Å². The first-order valence-electron chi connectivity index (χ1n) is 14.8. The Balaban J connectivity index is 1.79. The van der Waals surface area contributed by atoms with Crippen LogP contribution in [0.2, 0.25) is 5.02 Å². The van der Waals surface area contributed by atoms with Crippen molar-refractivity contribution in [3.05, 3.63) is 100 Å². The van der Waals surface area contributed by atoms with E-state index in [2.05, 4.69) is 17.2 Å². The molecule has 1 aliphatic rings. The van der Waals surface area contributed by atoms with Crippen molar-refractivity contribution >= 4 is 40.8 Å². The lowest BCUT2D eigenvalue weighted by molar-refractivity contribution is -0.143. The van der Waals surface area contributed by atoms with Gasteiger partial charge in [-0.2, -0.15) is 0 Å². The molecule has 2 aromatic rings. The lowest BCUT2D eigenvalue weighted by Gasteiger charge is -2.37. The molecule has 2 atom stereocenters. The summed E-state index contributed by atoms with van der Waals surface area (Å²) in [6, 6.07) is 10.7. The van der Waals surface area contributed by atoms with Crippen LogP contribution < -0.4 is 16.4 Å². The number of aryl methyl sites for hydroxylation is 1. The molecule has 0 aliphatic carbocycles. The van der Waals surface area contributed by atoms with Crippen molar-refractivity contribution in [1.82, 2.24) is 10.2 Å². The molecule has 1 heterocycles. The number of rotatable bonds is 14. The first-order chi connectivity index (χ1) is 21.4. The number of nitrogens with one attached hydrogen (secondary N) is 2. The van der Waals surface area contributed by atoms with Crippen LogP contribution in [0.5, 0.6) is 0 Å². The Hall–Kier alpha value is -4.15. The Morgan fingerprint density at radius 3 is 2.47 bits per heavy atom. The average Bonchev–Trinajstić information content (AvgIpc) is 3.03. The highest BCUT2D eigenvalue weighted by Crippen LogP contribution is 2.26. The van der Waals surface area contributed by atoms with Crippen molar-refractivity contribution in [2.45, 2.75) is 71.0 Å². The van der Waals surface area contributed by atoms with E-state index in [9.17, 15) is 28.0 Å². The summed E-state index contributed by atoms with van der Waals surface area (Å²) in [5, 5.41) is 6.24. The van der Waals surface area contributed by atoms with Gasteiger partial charge in [0.15, 0.2) is 17.4 Å². The van der Waals surface area contributed by atoms with Gasteiger partial charge in [0.05, 0.1) is 0 Å². The number of allylic oxidation sites excluding steroid dienone is 5. The Labute approximate surface area is 267 Å². The standard InChI is InChI=1S/C34H39ClF2N4O4/c1-4-27(36)28(37)18-22(3)31(42)14-15-32(43)41-20-24-10-6-5-9-23(24)19-30(41)34(45)40-29(11-7-8-16-38)33(44)39-25-12-13-26(35)21(2)17-25/h4-6,9-10,12-13,17-18,29-30H,1,7-8,11,14-16,19-20,38H2,2-3H3,(H,39,44)(H,40,45)/b22-18+,28-27-/t29-,30-/m0/s1. The minimum atomic E-state index is -1.23. The SMILES string of the molecule is C=C/C(F)=C(F)\C=C(/C)C(=O)CCC(=O)N1Cc2ccccc2C[C@H]1C(=O)N[C@@H](CCCCN)C(=O)Nc1ccc(Cl)c(C)c1. The van der Waals surface area contributed by atoms with Gasteiger partial charge in [-0.15, -0.1) is 0 Å². The van der Waals surface area contributed by atoms with Crippen molar-refractivity contribution in [3.63, 3.8) is 0 Å². The van der Waals surface area contributed by atoms with Gasteiger partial charge in [-0.05, 0) is 92.3 Å². The van der Waals surface area contributed by atoms with Crippen LogP contribution in [0, 0.1) is 6.92 Å². The van der Waals surface area contributed by atoms with Gasteiger partial charge in [0.1, 0.15) is 12.1 Å². The third-order valence-corrected chi connectivity index (χ3v) is 8.06. The lowest BCUT2D eigenvalue weighted by Crippen LogP contribution is -2.56. The second kappa shape index (κ2) is 16.8. The maximum atomic E-state index is 13.8. The second-order valence-corrected chi connectivity index (χ2v) is 11.4. The van der Waals surface area contributed by atoms with Crippen LogP contribution in [0.3, 0.4) is 0 Å². The highest BCUT2D eigenvalue weighted by atomic mass is 35.5. The zero-order chi connectivity index (χ0) is 33.1. The molecule has 0 saturated carbocycles. The van der Waals surface area contributed by atoms with Gasteiger partial charge in [0, 0.05) is 36.5 Å². The summed E-state index contributed by atoms with van der Waals surface area (Å²) in [7, 11) is 0. The summed E-state index contributed by atoms with van der Waals surface area (Å²) in [5.41, 5.74) is 8.66. The van der Waals surface area contributed by atoms with Crippen LogP contribution in [-0.2, 0) is 32.1 Å². The molecule has 1 aliphatic heterocycles. The Kier molecular flexibility index (Phi) is 13.2. The van der Waals surface area contributed by atoms with E-state index in [0.29, 0.717) is 42.6 Å². The number of nitrogens with zero attached hydrogens (tertiary/aromatic N) is 1. The monoisotopic (exact) mass is 640 g/mol. The lowest BCUT2D eigenvalue weighted by atomic mass is 9.92. The first-order valence-corrected chi connectivity index (χ1v) is 15.2. The molecule has 0 saturated heterocycles. The summed E-state index contributed by atoms with van der Waals surface area (Å²) >= 11 is 6.12. The molecule has 4 N–H and O–H groups in total. The van der Waals surface area contributed by atoms with Gasteiger partial charge in [0.2, 0.25) is 17.7 Å². The fourth-order valence-electron chi connectivity index (χ4n) is 5.00. The number of amides is 3. The minimum absolute atomic E-state index is 0.0576. The molecule has 2 aromatic carbocycles. The van der Waals surface area contributed by atoms with Crippen LogP contribution in [0.4, 0.5) is 14.5 Å². The number of carbonyl (C=O) groups excluding carboxylic acids is 4. The van der Waals surface area contributed by atoms with Crippen molar-refractivity contribution < 1.29 is 28.0 Å². The van der Waals surface area contributed by atoms with Crippen molar-refractivity contribution in [3.8, 4) is 0 Å². The van der Waals surface area contributed by atoms with E-state index in [1.54, 1.807) is 18.2 Å². The van der Waals surface area contributed by atoms with Gasteiger partial charge in [-0.25, -0.2) is 8.78 Å². The first kappa shape index (κ1) is 35.3. The van der Waals surface area contributed by atoms with Gasteiger partial charge >= 0.3 is 0 Å². The van der Waals surface area contributed by atoms with E-state index >= 15 is 0 Å². The Morgan fingerprint density at radius 1 is 1.09 bits per heavy atom. The number of Topliss-reactive ketones (excluding diaryl/α,β-unsaturated/α-hetero) is 1. The molecular formula is C34H39ClF2N4O4. The number of ketones is 1. The van der Waals surface area contributed by atoms with Crippen molar-refractivity contribution in [2.24, 2.45) is 5.73 Å². The largest absolute Gasteiger partial charge is 0.342 e. The van der Waals surface area contributed by atoms with Gasteiger partial charge in [0.25, 0.3) is 0 Å². The summed E-state index contributed by atoms with van der Waals surface area (Å²) < 4.78 is 27.2. The van der Waals surface area contributed by atoms with E-state index in [1.807, 2.05) is 31.2 Å². The second-order valence-electron chi connectivity index (χ2n) is 11.0. The number of halogens is 3. The van der Waals surface area contributed by atoms with Gasteiger partial charge < -0.3 is 21.3 Å². The molecule has 0 fully saturated rings. The van der Waals surface area contributed by atoms with Crippen molar-refractivity contribution in [1.29, 1.82) is 0 Å². The zero-order valence-electron chi connectivity index (χ0n) is 25.5. The zero-order valence-corrected chi connectivity index (χ0v) is 26.3. The normalized spacial score (nSPS) is 15.8. The molecule has 0 aromatic heterocycles. The van der Waals surface area contributed by atoms with Crippen LogP contribution in [-0.4, -0.2) is 47.0 Å². The van der Waals surface area contributed by atoms with Crippen LogP contribution in [0.25, 0.3) is 0 Å². The fraction of sp³-hybridized carbons (Fsp3) is 0.353. The van der Waals surface area contributed by atoms with Crippen LogP contribution >= 0.6 is 11.6 Å². The highest BCUT2D eigenvalue weighted by Gasteiger charge is 2.36. The molecule has 0 radical (unpaired) electrons. The molecule has 11 heteroatoms. The van der Waals surface area contributed by atoms with E-state index in [1.165, 1.54) is 11.8 Å². The maximum absolute atomic E-state index is 13.8. The fourth-order valence-corrected chi connectivity index (χ4v) is 5.12. The van der Waals surface area contributed by atoms with E-state index in [4.69, 9.17) is 17.3 Å². The molecule has 45 heavy (non-hydrogen) atoms. The predicted octanol–water partition coefficient (Wildman–Crippen LogP) is 5.79. The number of hydrogen-bond acceptors (Lipinski definition) is 5. The summed E-state index contributed by atoms with van der Waals surface area (Å²) in [5.74, 6) is -4.35. The highest BCUT2D eigenvalue weighted by molar-refractivity contribution is 6.31. The van der Waals surface area contributed by atoms with E-state index in [-0.39, 0.29) is 31.4 Å². The van der Waals surface area contributed by atoms with Gasteiger partial charge in [-0.3, -0.25) is 19.2 Å². The molecule has 3 amide bonds. The molecule has 0 bridgehead atoms. The number of hydrogen-bond donors (Lipinski definition) is 3. The molecular weight excluding hydrogens is 602 g/mol. The number of anilines is 1. The summed E-state index contributed by atoms with van der Waals surface area (Å²) in [6.45, 7) is 6.86. The van der Waals surface area contributed by atoms with E-state index in [0.717, 1.165) is 22.8 Å². The Bertz CT molecular complexity index is 1510. The maximum Gasteiger partial charge on any atom is 0.246 e. The number of nitrogens with two attached hydrogens (primary N) is 1. The number of fused-ring (bicyclic) bond motifs is 1.